The van der Waals surface area contributed by atoms with Crippen molar-refractivity contribution in [3.63, 3.8) is 0 Å². The van der Waals surface area contributed by atoms with Crippen LogP contribution in [-0.2, 0) is 13.2 Å². The zero-order valence-electron chi connectivity index (χ0n) is 15.8. The van der Waals surface area contributed by atoms with E-state index in [0.29, 0.717) is 17.4 Å². The molecule has 3 aromatic rings. The van der Waals surface area contributed by atoms with Crippen molar-refractivity contribution in [3.05, 3.63) is 69.5 Å². The van der Waals surface area contributed by atoms with Gasteiger partial charge in [-0.3, -0.25) is 9.80 Å². The SMILES string of the molecule is Cc1ccc(-c2nn(CN3CCN(Cc4ccc(Cl)cc4)CC3)c(=S)o2)cc1. The highest BCUT2D eigenvalue weighted by atomic mass is 35.5. The molecule has 0 spiro atoms. The third-order valence-corrected chi connectivity index (χ3v) is 5.57. The molecule has 1 fully saturated rings. The number of rotatable bonds is 5. The molecule has 0 atom stereocenters. The molecule has 0 N–H and O–H groups in total. The summed E-state index contributed by atoms with van der Waals surface area (Å²) < 4.78 is 7.49. The Morgan fingerprint density at radius 1 is 0.964 bits per heavy atom. The van der Waals surface area contributed by atoms with Crippen molar-refractivity contribution < 1.29 is 4.42 Å². The summed E-state index contributed by atoms with van der Waals surface area (Å²) in [6, 6.07) is 16.2. The topological polar surface area (TPSA) is 37.4 Å². The molecule has 1 aliphatic heterocycles. The van der Waals surface area contributed by atoms with E-state index in [-0.39, 0.29) is 0 Å². The minimum absolute atomic E-state index is 0.416. The molecule has 1 aliphatic rings. The molecule has 1 aromatic heterocycles. The average molecular weight is 415 g/mol. The number of halogens is 1. The molecule has 4 rings (SSSR count). The van der Waals surface area contributed by atoms with Gasteiger partial charge in [0.1, 0.15) is 0 Å². The molecule has 0 amide bonds. The quantitative estimate of drug-likeness (QED) is 0.570. The van der Waals surface area contributed by atoms with Crippen LogP contribution in [0.15, 0.2) is 52.9 Å². The Morgan fingerprint density at radius 2 is 1.61 bits per heavy atom. The lowest BCUT2D eigenvalue weighted by Gasteiger charge is -2.34. The van der Waals surface area contributed by atoms with Crippen LogP contribution in [0.1, 0.15) is 11.1 Å². The van der Waals surface area contributed by atoms with E-state index < -0.39 is 0 Å². The van der Waals surface area contributed by atoms with Crippen LogP contribution in [0.5, 0.6) is 0 Å². The molecular formula is C21H23ClN4OS. The molecule has 1 saturated heterocycles. The summed E-state index contributed by atoms with van der Waals surface area (Å²) in [5, 5.41) is 5.36. The van der Waals surface area contributed by atoms with Gasteiger partial charge in [0.25, 0.3) is 4.84 Å². The highest BCUT2D eigenvalue weighted by molar-refractivity contribution is 7.71. The molecule has 0 aliphatic carbocycles. The molecule has 0 saturated carbocycles. The van der Waals surface area contributed by atoms with Crippen molar-refractivity contribution in [2.45, 2.75) is 20.1 Å². The van der Waals surface area contributed by atoms with E-state index in [1.807, 2.05) is 36.4 Å². The normalized spacial score (nSPS) is 15.8. The van der Waals surface area contributed by atoms with Crippen molar-refractivity contribution >= 4 is 23.8 Å². The fourth-order valence-electron chi connectivity index (χ4n) is 3.33. The monoisotopic (exact) mass is 414 g/mol. The summed E-state index contributed by atoms with van der Waals surface area (Å²) in [5.41, 5.74) is 3.45. The van der Waals surface area contributed by atoms with Crippen LogP contribution < -0.4 is 0 Å². The Morgan fingerprint density at radius 3 is 2.29 bits per heavy atom. The van der Waals surface area contributed by atoms with Crippen LogP contribution in [0.3, 0.4) is 0 Å². The molecular weight excluding hydrogens is 392 g/mol. The predicted molar refractivity (Wildman–Crippen MR) is 114 cm³/mol. The largest absolute Gasteiger partial charge is 0.409 e. The summed E-state index contributed by atoms with van der Waals surface area (Å²) in [4.78, 5) is 5.23. The van der Waals surface area contributed by atoms with Crippen LogP contribution in [0.2, 0.25) is 5.02 Å². The Bertz CT molecular complexity index is 973. The third-order valence-electron chi connectivity index (χ3n) is 5.02. The Kier molecular flexibility index (Phi) is 5.92. The molecule has 5 nitrogen and oxygen atoms in total. The Hall–Kier alpha value is -1.99. The maximum atomic E-state index is 5.97. The maximum Gasteiger partial charge on any atom is 0.288 e. The zero-order valence-corrected chi connectivity index (χ0v) is 17.4. The van der Waals surface area contributed by atoms with Crippen molar-refractivity contribution in [2.75, 3.05) is 26.2 Å². The molecule has 146 valence electrons. The summed E-state index contributed by atoms with van der Waals surface area (Å²) in [7, 11) is 0. The van der Waals surface area contributed by atoms with Gasteiger partial charge >= 0.3 is 0 Å². The maximum absolute atomic E-state index is 5.97. The summed E-state index contributed by atoms with van der Waals surface area (Å²) >= 11 is 11.3. The fraction of sp³-hybridized carbons (Fsp3) is 0.333. The Balaban J connectivity index is 1.34. The van der Waals surface area contributed by atoms with Gasteiger partial charge in [-0.2, -0.15) is 0 Å². The number of aryl methyl sites for hydroxylation is 1. The van der Waals surface area contributed by atoms with Gasteiger partial charge in [0.2, 0.25) is 5.89 Å². The number of nitrogens with zero attached hydrogens (tertiary/aromatic N) is 4. The van der Waals surface area contributed by atoms with E-state index in [0.717, 1.165) is 43.3 Å². The van der Waals surface area contributed by atoms with Gasteiger partial charge in [-0.25, -0.2) is 4.68 Å². The van der Waals surface area contributed by atoms with Gasteiger partial charge in [-0.15, -0.1) is 5.10 Å². The standard InChI is InChI=1S/C21H23ClN4OS/c1-16-2-6-18(7-3-16)20-23-26(21(28)27-20)15-25-12-10-24(11-13-25)14-17-4-8-19(22)9-5-17/h2-9H,10-15H2,1H3. The lowest BCUT2D eigenvalue weighted by molar-refractivity contribution is 0.0974. The van der Waals surface area contributed by atoms with Gasteiger partial charge in [0.05, 0.1) is 6.67 Å². The number of piperazine rings is 1. The van der Waals surface area contributed by atoms with Crippen molar-refractivity contribution in [3.8, 4) is 11.5 Å². The van der Waals surface area contributed by atoms with Crippen LogP contribution >= 0.6 is 23.8 Å². The molecule has 2 heterocycles. The lowest BCUT2D eigenvalue weighted by atomic mass is 10.1. The van der Waals surface area contributed by atoms with Crippen LogP contribution in [0.25, 0.3) is 11.5 Å². The third kappa shape index (κ3) is 4.70. The summed E-state index contributed by atoms with van der Waals surface area (Å²) in [6.07, 6.45) is 0. The minimum Gasteiger partial charge on any atom is -0.409 e. The Labute approximate surface area is 175 Å². The number of hydrogen-bond acceptors (Lipinski definition) is 5. The van der Waals surface area contributed by atoms with E-state index in [9.17, 15) is 0 Å². The molecule has 0 unspecified atom stereocenters. The van der Waals surface area contributed by atoms with E-state index in [4.69, 9.17) is 28.2 Å². The van der Waals surface area contributed by atoms with E-state index in [1.54, 1.807) is 4.68 Å². The van der Waals surface area contributed by atoms with Crippen LogP contribution in [0.4, 0.5) is 0 Å². The first-order valence-electron chi connectivity index (χ1n) is 9.41. The highest BCUT2D eigenvalue weighted by Crippen LogP contribution is 2.19. The van der Waals surface area contributed by atoms with Gasteiger partial charge < -0.3 is 4.42 Å². The van der Waals surface area contributed by atoms with Crippen molar-refractivity contribution in [1.29, 1.82) is 0 Å². The van der Waals surface area contributed by atoms with Crippen molar-refractivity contribution in [1.82, 2.24) is 19.6 Å². The van der Waals surface area contributed by atoms with Gasteiger partial charge in [0, 0.05) is 43.3 Å². The molecule has 2 aromatic carbocycles. The fourth-order valence-corrected chi connectivity index (χ4v) is 3.64. The van der Waals surface area contributed by atoms with Gasteiger partial charge in [-0.05, 0) is 49.0 Å². The molecule has 0 radical (unpaired) electrons. The number of aromatic nitrogens is 2. The van der Waals surface area contributed by atoms with E-state index in [2.05, 4.69) is 34.0 Å². The number of hydrogen-bond donors (Lipinski definition) is 0. The van der Waals surface area contributed by atoms with Crippen LogP contribution in [-0.4, -0.2) is 45.8 Å². The minimum atomic E-state index is 0.416. The molecule has 28 heavy (non-hydrogen) atoms. The first-order chi connectivity index (χ1) is 13.6. The summed E-state index contributed by atoms with van der Waals surface area (Å²) in [6.45, 7) is 7.64. The first kappa shape index (κ1) is 19.3. The van der Waals surface area contributed by atoms with Gasteiger partial charge in [0.15, 0.2) is 0 Å². The van der Waals surface area contributed by atoms with Crippen LogP contribution in [0, 0.1) is 11.8 Å². The second kappa shape index (κ2) is 8.57. The van der Waals surface area contributed by atoms with Crippen molar-refractivity contribution in [2.24, 2.45) is 0 Å². The summed E-state index contributed by atoms with van der Waals surface area (Å²) in [5.74, 6) is 0.575. The number of benzene rings is 2. The van der Waals surface area contributed by atoms with E-state index >= 15 is 0 Å². The lowest BCUT2D eigenvalue weighted by Crippen LogP contribution is -2.46. The molecule has 7 heteroatoms. The average Bonchev–Trinajstić information content (AvgIpc) is 3.06. The second-order valence-corrected chi connectivity index (χ2v) is 7.99. The molecule has 0 bridgehead atoms. The first-order valence-corrected chi connectivity index (χ1v) is 10.2. The second-order valence-electron chi connectivity index (χ2n) is 7.20. The zero-order chi connectivity index (χ0) is 19.5. The predicted octanol–water partition coefficient (Wildman–Crippen LogP) is 4.61. The highest BCUT2D eigenvalue weighted by Gasteiger charge is 2.18. The van der Waals surface area contributed by atoms with Gasteiger partial charge in [-0.1, -0.05) is 41.4 Å². The smallest absolute Gasteiger partial charge is 0.288 e. The van der Waals surface area contributed by atoms with E-state index in [1.165, 1.54) is 11.1 Å².